The highest BCUT2D eigenvalue weighted by Crippen LogP contribution is 2.15. The summed E-state index contributed by atoms with van der Waals surface area (Å²) >= 11 is 6.49. The first kappa shape index (κ1) is 10.7. The molecule has 0 aliphatic heterocycles. The minimum Gasteiger partial charge on any atom is -0.350 e. The number of aromatic amines is 1. The van der Waals surface area contributed by atoms with Crippen LogP contribution in [0.15, 0.2) is 0 Å². The molecular weight excluding hydrogens is 202 g/mol. The maximum Gasteiger partial charge on any atom is 0.206 e. The molecule has 0 bridgehead atoms. The Morgan fingerprint density at radius 2 is 2.31 bits per heavy atom. The first-order valence-corrected chi connectivity index (χ1v) is 5.73. The van der Waals surface area contributed by atoms with Crippen molar-refractivity contribution in [2.24, 2.45) is 0 Å². The summed E-state index contributed by atoms with van der Waals surface area (Å²) in [4.78, 5) is 2.15. The topological polar surface area (TPSA) is 31.9 Å². The summed E-state index contributed by atoms with van der Waals surface area (Å²) in [6.07, 6.45) is 3.75. The number of nitrogens with zero attached hydrogens (tertiary/aromatic N) is 2. The van der Waals surface area contributed by atoms with Gasteiger partial charge in [0.1, 0.15) is 0 Å². The average Bonchev–Trinajstić information content (AvgIpc) is 2.52. The average molecular weight is 217 g/mol. The Kier molecular flexibility index (Phi) is 4.38. The van der Waals surface area contributed by atoms with Crippen molar-refractivity contribution in [2.45, 2.75) is 26.2 Å². The molecular formula is C8H15N3S2. The minimum absolute atomic E-state index is 0.748. The van der Waals surface area contributed by atoms with E-state index < -0.39 is 0 Å². The van der Waals surface area contributed by atoms with Gasteiger partial charge in [-0.2, -0.15) is 0 Å². The lowest BCUT2D eigenvalue weighted by molar-refractivity contribution is 0.702. The molecule has 0 aliphatic carbocycles. The van der Waals surface area contributed by atoms with E-state index in [2.05, 4.69) is 29.1 Å². The van der Waals surface area contributed by atoms with Crippen molar-refractivity contribution in [3.8, 4) is 0 Å². The van der Waals surface area contributed by atoms with Gasteiger partial charge in [0.2, 0.25) is 5.13 Å². The zero-order chi connectivity index (χ0) is 9.68. The first-order valence-electron chi connectivity index (χ1n) is 4.50. The number of nitrogens with one attached hydrogen (secondary N) is 1. The number of H-pyrrole nitrogens is 1. The lowest BCUT2D eigenvalue weighted by Gasteiger charge is -2.13. The summed E-state index contributed by atoms with van der Waals surface area (Å²) in [5, 5.41) is 7.88. The molecule has 1 aromatic rings. The molecule has 0 aromatic carbocycles. The van der Waals surface area contributed by atoms with Gasteiger partial charge in [-0.25, -0.2) is 0 Å². The SMILES string of the molecule is CCCCCN(C)c1n[nH]c(=S)s1. The second-order valence-corrected chi connectivity index (χ2v) is 4.67. The zero-order valence-corrected chi connectivity index (χ0v) is 9.67. The summed E-state index contributed by atoms with van der Waals surface area (Å²) < 4.78 is 0.748. The Bertz CT molecular complexity index is 292. The third-order valence-electron chi connectivity index (χ3n) is 1.85. The highest BCUT2D eigenvalue weighted by atomic mass is 32.1. The first-order chi connectivity index (χ1) is 6.24. The second-order valence-electron chi connectivity index (χ2n) is 3.02. The van der Waals surface area contributed by atoms with Crippen LogP contribution in [0.25, 0.3) is 0 Å². The van der Waals surface area contributed by atoms with Crippen molar-refractivity contribution in [3.05, 3.63) is 3.95 Å². The molecule has 0 saturated heterocycles. The molecule has 3 nitrogen and oxygen atoms in total. The maximum atomic E-state index is 4.96. The lowest BCUT2D eigenvalue weighted by Crippen LogP contribution is -2.18. The van der Waals surface area contributed by atoms with E-state index in [9.17, 15) is 0 Å². The van der Waals surface area contributed by atoms with Crippen LogP contribution in [0, 0.1) is 3.95 Å². The van der Waals surface area contributed by atoms with Crippen LogP contribution in [0.1, 0.15) is 26.2 Å². The molecule has 0 unspecified atom stereocenters. The fraction of sp³-hybridized carbons (Fsp3) is 0.750. The molecule has 1 N–H and O–H groups in total. The smallest absolute Gasteiger partial charge is 0.206 e. The van der Waals surface area contributed by atoms with E-state index in [4.69, 9.17) is 12.2 Å². The van der Waals surface area contributed by atoms with Crippen LogP contribution in [0.4, 0.5) is 5.13 Å². The molecule has 13 heavy (non-hydrogen) atoms. The molecule has 1 heterocycles. The van der Waals surface area contributed by atoms with Crippen LogP contribution in [-0.2, 0) is 0 Å². The van der Waals surface area contributed by atoms with Gasteiger partial charge in [0, 0.05) is 13.6 Å². The molecule has 0 spiro atoms. The molecule has 0 saturated carbocycles. The lowest BCUT2D eigenvalue weighted by atomic mass is 10.2. The van der Waals surface area contributed by atoms with Crippen LogP contribution in [0.3, 0.4) is 0 Å². The van der Waals surface area contributed by atoms with Gasteiger partial charge in [-0.15, -0.1) is 5.10 Å². The van der Waals surface area contributed by atoms with Crippen molar-refractivity contribution in [3.63, 3.8) is 0 Å². The molecule has 0 fully saturated rings. The number of hydrogen-bond acceptors (Lipinski definition) is 4. The molecule has 1 rings (SSSR count). The standard InChI is InChI=1S/C8H15N3S2/c1-3-4-5-6-11(2)7-9-10-8(12)13-7/h3-6H2,1-2H3,(H,10,12). The van der Waals surface area contributed by atoms with Crippen molar-refractivity contribution in [1.82, 2.24) is 10.2 Å². The van der Waals surface area contributed by atoms with Crippen molar-refractivity contribution >= 4 is 28.7 Å². The molecule has 0 atom stereocenters. The van der Waals surface area contributed by atoms with Crippen molar-refractivity contribution in [1.29, 1.82) is 0 Å². The number of rotatable bonds is 5. The second kappa shape index (κ2) is 5.34. The number of unbranched alkanes of at least 4 members (excludes halogenated alkanes) is 2. The summed E-state index contributed by atoms with van der Waals surface area (Å²) in [6, 6.07) is 0. The van der Waals surface area contributed by atoms with E-state index in [0.29, 0.717) is 0 Å². The Morgan fingerprint density at radius 3 is 2.85 bits per heavy atom. The normalized spacial score (nSPS) is 10.3. The van der Waals surface area contributed by atoms with Crippen LogP contribution in [-0.4, -0.2) is 23.8 Å². The fourth-order valence-corrected chi connectivity index (χ4v) is 1.94. The maximum absolute atomic E-state index is 4.96. The van der Waals surface area contributed by atoms with Gasteiger partial charge in [-0.05, 0) is 18.6 Å². The Hall–Kier alpha value is -0.420. The van der Waals surface area contributed by atoms with Crippen LogP contribution < -0.4 is 4.90 Å². The molecule has 1 aromatic heterocycles. The van der Waals surface area contributed by atoms with E-state index in [-0.39, 0.29) is 0 Å². The third-order valence-corrected chi connectivity index (χ3v) is 3.05. The largest absolute Gasteiger partial charge is 0.350 e. The molecule has 0 aliphatic rings. The van der Waals surface area contributed by atoms with Gasteiger partial charge < -0.3 is 4.90 Å². The summed E-state index contributed by atoms with van der Waals surface area (Å²) in [5.41, 5.74) is 0. The van der Waals surface area contributed by atoms with E-state index in [1.54, 1.807) is 0 Å². The van der Waals surface area contributed by atoms with Gasteiger partial charge in [0.25, 0.3) is 0 Å². The number of anilines is 1. The van der Waals surface area contributed by atoms with Gasteiger partial charge in [-0.3, -0.25) is 5.10 Å². The Labute approximate surface area is 87.8 Å². The summed E-state index contributed by atoms with van der Waals surface area (Å²) in [6.45, 7) is 3.27. The van der Waals surface area contributed by atoms with Crippen LogP contribution in [0.5, 0.6) is 0 Å². The van der Waals surface area contributed by atoms with E-state index >= 15 is 0 Å². The Morgan fingerprint density at radius 1 is 1.54 bits per heavy atom. The fourth-order valence-electron chi connectivity index (χ4n) is 1.08. The highest BCUT2D eigenvalue weighted by Gasteiger charge is 2.03. The van der Waals surface area contributed by atoms with Crippen LogP contribution >= 0.6 is 23.6 Å². The monoisotopic (exact) mass is 217 g/mol. The number of hydrogen-bond donors (Lipinski definition) is 1. The quantitative estimate of drug-likeness (QED) is 0.608. The van der Waals surface area contributed by atoms with E-state index in [1.807, 2.05) is 0 Å². The Balaban J connectivity index is 2.39. The van der Waals surface area contributed by atoms with Gasteiger partial charge >= 0.3 is 0 Å². The van der Waals surface area contributed by atoms with Gasteiger partial charge in [0.05, 0.1) is 0 Å². The van der Waals surface area contributed by atoms with E-state index in [1.165, 1.54) is 30.6 Å². The van der Waals surface area contributed by atoms with Crippen molar-refractivity contribution in [2.75, 3.05) is 18.5 Å². The minimum atomic E-state index is 0.748. The zero-order valence-electron chi connectivity index (χ0n) is 8.04. The third kappa shape index (κ3) is 3.44. The highest BCUT2D eigenvalue weighted by molar-refractivity contribution is 7.73. The molecule has 0 radical (unpaired) electrons. The van der Waals surface area contributed by atoms with E-state index in [0.717, 1.165) is 15.6 Å². The predicted octanol–water partition coefficient (Wildman–Crippen LogP) is 2.83. The molecule has 0 amide bonds. The van der Waals surface area contributed by atoms with Crippen molar-refractivity contribution < 1.29 is 0 Å². The molecule has 74 valence electrons. The molecule has 5 heteroatoms. The number of aromatic nitrogens is 2. The van der Waals surface area contributed by atoms with Gasteiger partial charge in [0.15, 0.2) is 3.95 Å². The predicted molar refractivity (Wildman–Crippen MR) is 60.1 cm³/mol. The van der Waals surface area contributed by atoms with Gasteiger partial charge in [-0.1, -0.05) is 31.1 Å². The summed E-state index contributed by atoms with van der Waals surface area (Å²) in [7, 11) is 2.05. The summed E-state index contributed by atoms with van der Waals surface area (Å²) in [5.74, 6) is 0. The van der Waals surface area contributed by atoms with Crippen LogP contribution in [0.2, 0.25) is 0 Å².